The smallest absolute Gasteiger partial charge is 0.396 e. The fourth-order valence-electron chi connectivity index (χ4n) is 6.54. The minimum absolute atomic E-state index is 0. The number of rotatable bonds is 5. The van der Waals surface area contributed by atoms with Gasteiger partial charge in [-0.05, 0) is 38.5 Å². The van der Waals surface area contributed by atoms with E-state index in [4.69, 9.17) is 0 Å². The molecule has 0 unspecified atom stereocenters. The molecule has 2 N–H and O–H groups in total. The van der Waals surface area contributed by atoms with Crippen molar-refractivity contribution in [2.24, 2.45) is 0 Å². The van der Waals surface area contributed by atoms with E-state index in [9.17, 15) is 23.9 Å². The van der Waals surface area contributed by atoms with E-state index in [1.807, 2.05) is 121 Å². The van der Waals surface area contributed by atoms with Crippen LogP contribution in [0.15, 0.2) is 121 Å². The Labute approximate surface area is 301 Å². The fourth-order valence-corrected chi connectivity index (χ4v) is 15.9. The minimum atomic E-state index is -2.28. The topological polar surface area (TPSA) is 91.7 Å². The molecule has 5 nitrogen and oxygen atoms in total. The molecule has 0 bridgehead atoms. The van der Waals surface area contributed by atoms with Crippen LogP contribution in [0.25, 0.3) is 0 Å². The third-order valence-corrected chi connectivity index (χ3v) is 20.0. The first kappa shape index (κ1) is 42.3. The average Bonchev–Trinajstić information content (AvgIpc) is 3.86. The molecule has 3 heterocycles. The van der Waals surface area contributed by atoms with Gasteiger partial charge in [-0.25, -0.2) is 0 Å². The van der Waals surface area contributed by atoms with Gasteiger partial charge in [0.25, 0.3) is 0 Å². The van der Waals surface area contributed by atoms with E-state index < -0.39 is 21.4 Å². The molecule has 3 fully saturated rings. The molecule has 0 aromatic heterocycles. The van der Waals surface area contributed by atoms with Crippen LogP contribution in [-0.4, -0.2) is 59.4 Å². The van der Waals surface area contributed by atoms with E-state index in [1.165, 1.54) is 0 Å². The van der Waals surface area contributed by atoms with Crippen molar-refractivity contribution < 1.29 is 42.8 Å². The summed E-state index contributed by atoms with van der Waals surface area (Å²) in [6.45, 7) is 0.123. The second-order valence-electron chi connectivity index (χ2n) is 12.1. The van der Waals surface area contributed by atoms with Crippen LogP contribution < -0.4 is 34.8 Å². The quantitative estimate of drug-likeness (QED) is 0.169. The predicted molar refractivity (Wildman–Crippen MR) is 202 cm³/mol. The minimum Gasteiger partial charge on any atom is -0.396 e. The molecule has 254 valence electrons. The van der Waals surface area contributed by atoms with Crippen LogP contribution in [0.3, 0.4) is 0 Å². The summed E-state index contributed by atoms with van der Waals surface area (Å²) in [6, 6.07) is 41.7. The van der Waals surface area contributed by atoms with Gasteiger partial charge in [0.1, 0.15) is 21.4 Å². The molecular weight excluding hydrogens is 648 g/mol. The van der Waals surface area contributed by atoms with Crippen molar-refractivity contribution in [3.8, 4) is 0 Å². The van der Waals surface area contributed by atoms with Crippen LogP contribution in [0, 0.1) is 6.07 Å². The van der Waals surface area contributed by atoms with Crippen LogP contribution in [0.4, 0.5) is 0 Å². The molecule has 0 aliphatic carbocycles. The Morgan fingerprint density at radius 1 is 0.521 bits per heavy atom. The maximum Gasteiger partial charge on any atom is 1.00 e. The predicted octanol–water partition coefficient (Wildman–Crippen LogP) is 5.26. The maximum absolute atomic E-state index is 12.6. The van der Waals surface area contributed by atoms with E-state index in [-0.39, 0.29) is 50.8 Å². The van der Waals surface area contributed by atoms with Gasteiger partial charge >= 0.3 is 18.9 Å². The van der Waals surface area contributed by atoms with E-state index in [0.717, 1.165) is 79.1 Å². The van der Waals surface area contributed by atoms with Crippen LogP contribution in [0.1, 0.15) is 46.0 Å². The van der Waals surface area contributed by atoms with Crippen LogP contribution >= 0.6 is 21.4 Å². The second kappa shape index (κ2) is 21.3. The molecule has 9 heteroatoms. The molecule has 0 spiro atoms. The van der Waals surface area contributed by atoms with E-state index in [0.29, 0.717) is 0 Å². The summed E-state index contributed by atoms with van der Waals surface area (Å²) in [5.41, 5.74) is 0.00907. The zero-order valence-corrected chi connectivity index (χ0v) is 30.3. The summed E-state index contributed by atoms with van der Waals surface area (Å²) in [5.74, 6) is 0. The van der Waals surface area contributed by atoms with Crippen LogP contribution in [0.2, 0.25) is 0 Å². The molecule has 3 saturated heterocycles. The molecule has 0 amide bonds. The summed E-state index contributed by atoms with van der Waals surface area (Å²) in [5, 5.41) is 21.3. The van der Waals surface area contributed by atoms with Crippen LogP contribution in [0.5, 0.6) is 0 Å². The SMILES string of the molecule is C.O=P1(c2ccccc2)CCCC1.O=[P@@]1(c2ccccc2)CCC[C@@H]1CO.O=[P@@]1(c2ccccc2)CCC[C@H]1CO.[Li+].[c-]1ccccc1. The first-order valence-corrected chi connectivity index (χ1v) is 22.4. The standard InChI is InChI=1S/2C11H15O2P.C10H13OP.C6H5.CH4.Li/c2*12-9-11-7-4-8-14(11,13)10-5-2-1-3-6-10;11-12(8-4-5-9-12)10-6-2-1-3-7-10;1-2-4-6-5-3-1;;/h2*1-3,5-6,11-12H,4,7-9H2;1-3,6-7H,4-5,8-9H2;1-5H;1H4;/q;;;-1;;+1/t11-,14+;11-,14-;;;;/m01..../s1. The third-order valence-electron chi connectivity index (χ3n) is 9.17. The van der Waals surface area contributed by atoms with Crippen molar-refractivity contribution in [1.82, 2.24) is 0 Å². The number of benzene rings is 4. The van der Waals surface area contributed by atoms with Gasteiger partial charge in [-0.3, -0.25) is 0 Å². The van der Waals surface area contributed by atoms with Gasteiger partial charge in [-0.1, -0.05) is 98.4 Å². The number of hydrogen-bond acceptors (Lipinski definition) is 5. The Hall–Kier alpha value is -1.91. The first-order chi connectivity index (χ1) is 22.4. The number of hydrogen-bond donors (Lipinski definition) is 2. The van der Waals surface area contributed by atoms with Crippen molar-refractivity contribution in [3.05, 3.63) is 127 Å². The first-order valence-electron chi connectivity index (χ1n) is 16.4. The molecule has 3 aliphatic heterocycles. The maximum atomic E-state index is 12.6. The molecule has 4 atom stereocenters. The Bertz CT molecular complexity index is 1460. The Morgan fingerprint density at radius 2 is 0.875 bits per heavy atom. The van der Waals surface area contributed by atoms with Gasteiger partial charge in [0, 0.05) is 51.9 Å². The molecular formula is C39H52LiO5P3. The van der Waals surface area contributed by atoms with Gasteiger partial charge in [-0.2, -0.15) is 36.4 Å². The van der Waals surface area contributed by atoms with Crippen molar-refractivity contribution in [2.45, 2.75) is 57.3 Å². The van der Waals surface area contributed by atoms with E-state index >= 15 is 0 Å². The molecule has 7 rings (SSSR count). The Balaban J connectivity index is 0.000000226. The third kappa shape index (κ3) is 11.3. The second-order valence-corrected chi connectivity index (χ2v) is 21.9. The molecule has 3 aliphatic rings. The average molecular weight is 701 g/mol. The number of aliphatic hydroxyl groups excluding tert-OH is 2. The normalized spacial score (nSPS) is 24.9. The zero-order valence-electron chi connectivity index (χ0n) is 27.6. The summed E-state index contributed by atoms with van der Waals surface area (Å²) in [7, 11) is -6.49. The van der Waals surface area contributed by atoms with E-state index in [1.54, 1.807) is 0 Å². The van der Waals surface area contributed by atoms with Gasteiger partial charge in [-0.15, -0.1) is 0 Å². The Kier molecular flexibility index (Phi) is 18.8. The van der Waals surface area contributed by atoms with Crippen molar-refractivity contribution in [2.75, 3.05) is 37.9 Å². The Morgan fingerprint density at radius 3 is 1.19 bits per heavy atom. The van der Waals surface area contributed by atoms with Gasteiger partial charge in [0.2, 0.25) is 0 Å². The molecule has 4 aromatic carbocycles. The van der Waals surface area contributed by atoms with Gasteiger partial charge in [0.05, 0.1) is 13.2 Å². The zero-order chi connectivity index (χ0) is 32.7. The van der Waals surface area contributed by atoms with Crippen molar-refractivity contribution in [1.29, 1.82) is 0 Å². The number of aliphatic hydroxyl groups is 2. The van der Waals surface area contributed by atoms with E-state index in [2.05, 4.69) is 6.07 Å². The van der Waals surface area contributed by atoms with Crippen LogP contribution in [-0.2, 0) is 13.7 Å². The largest absolute Gasteiger partial charge is 1.00 e. The summed E-state index contributed by atoms with van der Waals surface area (Å²) < 4.78 is 37.4. The summed E-state index contributed by atoms with van der Waals surface area (Å²) >= 11 is 0. The molecule has 48 heavy (non-hydrogen) atoms. The van der Waals surface area contributed by atoms with Crippen molar-refractivity contribution in [3.63, 3.8) is 0 Å². The van der Waals surface area contributed by atoms with Gasteiger partial charge < -0.3 is 23.9 Å². The monoisotopic (exact) mass is 700 g/mol. The van der Waals surface area contributed by atoms with Gasteiger partial charge in [0.15, 0.2) is 0 Å². The molecule has 0 saturated carbocycles. The summed E-state index contributed by atoms with van der Waals surface area (Å²) in [6.07, 6.45) is 9.46. The fraction of sp³-hybridized carbons (Fsp3) is 0.385. The summed E-state index contributed by atoms with van der Waals surface area (Å²) in [4.78, 5) is 0. The van der Waals surface area contributed by atoms with Crippen molar-refractivity contribution >= 4 is 37.3 Å². The molecule has 0 radical (unpaired) electrons. The molecule has 4 aromatic rings.